The molecule has 26 heavy (non-hydrogen) atoms. The maximum atomic E-state index is 10.9. The Morgan fingerprint density at radius 3 is 2.62 bits per heavy atom. The molecule has 9 heteroatoms. The minimum absolute atomic E-state index is 0.0190. The van der Waals surface area contributed by atoms with Gasteiger partial charge in [-0.3, -0.25) is 4.57 Å². The number of nitrogen functional groups attached to an aromatic ring is 1. The third-order valence-corrected chi connectivity index (χ3v) is 10.1. The second-order valence-corrected chi connectivity index (χ2v) is 13.1. The molecule has 0 radical (unpaired) electrons. The fraction of sp³-hybridized carbons (Fsp3) is 0.706. The molecule has 2 aromatic rings. The van der Waals surface area contributed by atoms with E-state index in [2.05, 4.69) is 48.8 Å². The van der Waals surface area contributed by atoms with Crippen LogP contribution in [-0.2, 0) is 9.16 Å². The fourth-order valence-corrected chi connectivity index (χ4v) is 4.27. The van der Waals surface area contributed by atoms with Gasteiger partial charge in [0.05, 0.1) is 12.4 Å². The standard InChI is InChI=1S/C17H29N5O3Si/c1-7-10-12(23)13(25-26(5,6)17(2,3)4)16(24-10)22-9-21-11-14(18)19-8-20-15(11)22/h8-10,12-13,16,23H,7H2,1-6H3,(H2,18,19,20)/t10-,12-,13?,16-/m1/s1. The SMILES string of the molecule is CC[C@H]1O[C@@H](n2cnc3c(N)ncnc32)C(O[Si](C)(C)C(C)(C)C)[C@@H]1O. The molecule has 144 valence electrons. The highest BCUT2D eigenvalue weighted by atomic mass is 28.4. The van der Waals surface area contributed by atoms with Crippen LogP contribution >= 0.6 is 0 Å². The Kier molecular flexibility index (Phi) is 4.85. The minimum Gasteiger partial charge on any atom is -0.407 e. The number of aliphatic hydroxyl groups is 1. The van der Waals surface area contributed by atoms with E-state index in [1.54, 1.807) is 10.9 Å². The molecule has 3 N–H and O–H groups in total. The molecule has 1 aliphatic heterocycles. The quantitative estimate of drug-likeness (QED) is 0.786. The Bertz CT molecular complexity index is 788. The molecule has 0 amide bonds. The second kappa shape index (κ2) is 6.56. The molecule has 0 spiro atoms. The van der Waals surface area contributed by atoms with Gasteiger partial charge < -0.3 is 20.0 Å². The molecule has 1 fully saturated rings. The molecule has 8 nitrogen and oxygen atoms in total. The number of nitrogens with two attached hydrogens (primary N) is 1. The predicted octanol–water partition coefficient (Wildman–Crippen LogP) is 2.47. The lowest BCUT2D eigenvalue weighted by Crippen LogP contribution is -2.48. The van der Waals surface area contributed by atoms with Gasteiger partial charge in [-0.05, 0) is 24.6 Å². The average molecular weight is 380 g/mol. The summed E-state index contributed by atoms with van der Waals surface area (Å²) in [5, 5.41) is 10.9. The monoisotopic (exact) mass is 379 g/mol. The summed E-state index contributed by atoms with van der Waals surface area (Å²) in [6.45, 7) is 12.9. The van der Waals surface area contributed by atoms with E-state index in [9.17, 15) is 5.11 Å². The Labute approximate surface area is 154 Å². The average Bonchev–Trinajstić information content (AvgIpc) is 3.09. The molecule has 3 heterocycles. The van der Waals surface area contributed by atoms with Crippen LogP contribution in [0.1, 0.15) is 40.3 Å². The number of hydrogen-bond acceptors (Lipinski definition) is 7. The molecular formula is C17H29N5O3Si. The first-order valence-corrected chi connectivity index (χ1v) is 11.9. The van der Waals surface area contributed by atoms with E-state index in [1.165, 1.54) is 6.33 Å². The molecule has 0 aromatic carbocycles. The summed E-state index contributed by atoms with van der Waals surface area (Å²) >= 11 is 0. The van der Waals surface area contributed by atoms with Crippen LogP contribution in [0, 0.1) is 0 Å². The first-order valence-electron chi connectivity index (χ1n) is 9.01. The van der Waals surface area contributed by atoms with Gasteiger partial charge in [-0.15, -0.1) is 0 Å². The van der Waals surface area contributed by atoms with E-state index in [-0.39, 0.29) is 11.1 Å². The lowest BCUT2D eigenvalue weighted by atomic mass is 10.1. The van der Waals surface area contributed by atoms with Crippen molar-refractivity contribution < 1.29 is 14.3 Å². The lowest BCUT2D eigenvalue weighted by molar-refractivity contribution is -0.0325. The summed E-state index contributed by atoms with van der Waals surface area (Å²) in [5.41, 5.74) is 7.00. The molecule has 1 unspecified atom stereocenters. The van der Waals surface area contributed by atoms with E-state index >= 15 is 0 Å². The van der Waals surface area contributed by atoms with E-state index in [0.717, 1.165) is 0 Å². The van der Waals surface area contributed by atoms with Gasteiger partial charge in [0, 0.05) is 0 Å². The van der Waals surface area contributed by atoms with Crippen LogP contribution in [0.25, 0.3) is 11.2 Å². The van der Waals surface area contributed by atoms with Crippen LogP contribution in [0.3, 0.4) is 0 Å². The van der Waals surface area contributed by atoms with E-state index in [0.29, 0.717) is 23.4 Å². The van der Waals surface area contributed by atoms with Crippen molar-refractivity contribution in [3.63, 3.8) is 0 Å². The second-order valence-electron chi connectivity index (χ2n) is 8.39. The molecule has 0 bridgehead atoms. The predicted molar refractivity (Wildman–Crippen MR) is 102 cm³/mol. The van der Waals surface area contributed by atoms with Crippen LogP contribution in [0.15, 0.2) is 12.7 Å². The summed E-state index contributed by atoms with van der Waals surface area (Å²) in [6.07, 6.45) is 1.72. The number of hydrogen-bond donors (Lipinski definition) is 2. The van der Waals surface area contributed by atoms with Gasteiger partial charge >= 0.3 is 0 Å². The number of rotatable bonds is 4. The molecule has 4 atom stereocenters. The number of aliphatic hydroxyl groups excluding tert-OH is 1. The van der Waals surface area contributed by atoms with Crippen LogP contribution in [0.2, 0.25) is 18.1 Å². The zero-order valence-corrected chi connectivity index (χ0v) is 17.3. The highest BCUT2D eigenvalue weighted by Gasteiger charge is 2.50. The van der Waals surface area contributed by atoms with Crippen molar-refractivity contribution in [1.29, 1.82) is 0 Å². The van der Waals surface area contributed by atoms with Gasteiger partial charge in [0.1, 0.15) is 24.1 Å². The number of anilines is 1. The maximum Gasteiger partial charge on any atom is 0.192 e. The number of fused-ring (bicyclic) bond motifs is 1. The highest BCUT2D eigenvalue weighted by Crippen LogP contribution is 2.42. The topological polar surface area (TPSA) is 108 Å². The van der Waals surface area contributed by atoms with Crippen molar-refractivity contribution in [2.45, 2.75) is 76.8 Å². The smallest absolute Gasteiger partial charge is 0.192 e. The summed E-state index contributed by atoms with van der Waals surface area (Å²) in [5.74, 6) is 0.321. The van der Waals surface area contributed by atoms with Gasteiger partial charge in [0.2, 0.25) is 0 Å². The third-order valence-electron chi connectivity index (χ3n) is 5.61. The summed E-state index contributed by atoms with van der Waals surface area (Å²) in [7, 11) is -2.12. The van der Waals surface area contributed by atoms with Gasteiger partial charge in [-0.25, -0.2) is 15.0 Å². The Morgan fingerprint density at radius 2 is 2.00 bits per heavy atom. The van der Waals surface area contributed by atoms with E-state index < -0.39 is 26.8 Å². The van der Waals surface area contributed by atoms with Gasteiger partial charge in [0.25, 0.3) is 0 Å². The summed E-state index contributed by atoms with van der Waals surface area (Å²) in [4.78, 5) is 12.6. The minimum atomic E-state index is -2.12. The Morgan fingerprint density at radius 1 is 1.31 bits per heavy atom. The molecule has 2 aromatic heterocycles. The van der Waals surface area contributed by atoms with E-state index in [1.807, 2.05) is 6.92 Å². The van der Waals surface area contributed by atoms with Crippen LogP contribution in [0.5, 0.6) is 0 Å². The first-order chi connectivity index (χ1) is 12.1. The van der Waals surface area contributed by atoms with Crippen molar-refractivity contribution in [2.24, 2.45) is 0 Å². The number of imidazole rings is 1. The fourth-order valence-electron chi connectivity index (χ4n) is 2.98. The molecule has 0 aliphatic carbocycles. The van der Waals surface area contributed by atoms with Crippen molar-refractivity contribution >= 4 is 25.3 Å². The molecule has 1 aliphatic rings. The molecule has 3 rings (SSSR count). The molecular weight excluding hydrogens is 350 g/mol. The van der Waals surface area contributed by atoms with Gasteiger partial charge in [0.15, 0.2) is 26.0 Å². The van der Waals surface area contributed by atoms with Gasteiger partial charge in [-0.2, -0.15) is 0 Å². The van der Waals surface area contributed by atoms with Crippen molar-refractivity contribution in [1.82, 2.24) is 19.5 Å². The van der Waals surface area contributed by atoms with Crippen LogP contribution in [-0.4, -0.2) is 51.3 Å². The highest BCUT2D eigenvalue weighted by molar-refractivity contribution is 6.74. The summed E-state index contributed by atoms with van der Waals surface area (Å²) in [6, 6.07) is 0. The van der Waals surface area contributed by atoms with Crippen molar-refractivity contribution in [3.05, 3.63) is 12.7 Å². The lowest BCUT2D eigenvalue weighted by Gasteiger charge is -2.40. The van der Waals surface area contributed by atoms with Crippen LogP contribution in [0.4, 0.5) is 5.82 Å². The Balaban J connectivity index is 2.01. The summed E-state index contributed by atoms with van der Waals surface area (Å²) < 4.78 is 14.5. The van der Waals surface area contributed by atoms with Gasteiger partial charge in [-0.1, -0.05) is 27.7 Å². The largest absolute Gasteiger partial charge is 0.407 e. The maximum absolute atomic E-state index is 10.9. The third kappa shape index (κ3) is 3.13. The number of aromatic nitrogens is 4. The van der Waals surface area contributed by atoms with Crippen LogP contribution < -0.4 is 5.73 Å². The first kappa shape index (κ1) is 19.2. The zero-order valence-electron chi connectivity index (χ0n) is 16.3. The molecule has 0 saturated carbocycles. The number of nitrogens with zero attached hydrogens (tertiary/aromatic N) is 4. The van der Waals surface area contributed by atoms with E-state index in [4.69, 9.17) is 14.9 Å². The number of ether oxygens (including phenoxy) is 1. The van der Waals surface area contributed by atoms with Crippen molar-refractivity contribution in [3.8, 4) is 0 Å². The Hall–Kier alpha value is -1.55. The molecule has 1 saturated heterocycles. The normalized spacial score (nSPS) is 27.3. The zero-order chi connectivity index (χ0) is 19.3. The van der Waals surface area contributed by atoms with Crippen molar-refractivity contribution in [2.75, 3.05) is 5.73 Å².